The molecule has 0 radical (unpaired) electrons. The van der Waals surface area contributed by atoms with Crippen molar-refractivity contribution in [2.45, 2.75) is 26.1 Å². The summed E-state index contributed by atoms with van der Waals surface area (Å²) in [5, 5.41) is 7.91. The standard InChI is InChI=1S/C27H31ClN6O3P/c1-38(2,33-35)24-6-4-3-5-22(24)30-25-20(28)13-29-26(32-25)31-21-7-8-23(19-15-37-14-18(19)21)34-16-27(17-34)9-11-36-12-10-27/h3-8,13H,9-12,14-17H2,1-2H3,(H2,29,30,31,32)/q+1. The summed E-state index contributed by atoms with van der Waals surface area (Å²) in [4.78, 5) is 26.4. The number of ether oxygens (including phenoxy) is 2. The number of nitroso groups, excluding NO2 is 1. The number of anilines is 5. The Morgan fingerprint density at radius 2 is 1.76 bits per heavy atom. The van der Waals surface area contributed by atoms with E-state index < -0.39 is 7.41 Å². The monoisotopic (exact) mass is 553 g/mol. The minimum atomic E-state index is -2.18. The lowest BCUT2D eigenvalue weighted by atomic mass is 9.73. The molecule has 2 N–H and O–H groups in total. The van der Waals surface area contributed by atoms with Crippen molar-refractivity contribution in [1.29, 1.82) is 0 Å². The van der Waals surface area contributed by atoms with Crippen LogP contribution in [0.25, 0.3) is 0 Å². The molecule has 3 aliphatic rings. The van der Waals surface area contributed by atoms with E-state index in [0.717, 1.165) is 61.4 Å². The van der Waals surface area contributed by atoms with Crippen LogP contribution in [0.15, 0.2) is 47.5 Å². The minimum absolute atomic E-state index is 0.379. The zero-order valence-corrected chi connectivity index (χ0v) is 23.2. The highest BCUT2D eigenvalue weighted by atomic mass is 35.5. The van der Waals surface area contributed by atoms with Gasteiger partial charge >= 0.3 is 0 Å². The van der Waals surface area contributed by atoms with Gasteiger partial charge in [0.15, 0.2) is 5.82 Å². The maximum Gasteiger partial charge on any atom is 0.229 e. The Morgan fingerprint density at radius 3 is 2.55 bits per heavy atom. The Morgan fingerprint density at radius 1 is 1.00 bits per heavy atom. The third-order valence-electron chi connectivity index (χ3n) is 7.79. The van der Waals surface area contributed by atoms with E-state index in [-0.39, 0.29) is 0 Å². The average Bonchev–Trinajstić information content (AvgIpc) is 3.41. The zero-order valence-electron chi connectivity index (χ0n) is 21.5. The lowest BCUT2D eigenvalue weighted by Crippen LogP contribution is -2.58. The second kappa shape index (κ2) is 10.0. The molecule has 1 spiro atoms. The molecule has 3 aliphatic heterocycles. The quantitative estimate of drug-likeness (QED) is 0.278. The molecule has 198 valence electrons. The van der Waals surface area contributed by atoms with E-state index in [1.807, 2.05) is 37.6 Å². The molecule has 0 aliphatic carbocycles. The Balaban J connectivity index is 1.23. The third kappa shape index (κ3) is 4.73. The van der Waals surface area contributed by atoms with Crippen LogP contribution in [0.3, 0.4) is 0 Å². The molecule has 0 unspecified atom stereocenters. The SMILES string of the molecule is C[P+](C)(N=O)c1ccccc1Nc1nc(Nc2ccc(N3CC4(CCOCC4)C3)c3c2COC3)ncc1Cl. The number of hydrogen-bond donors (Lipinski definition) is 2. The lowest BCUT2D eigenvalue weighted by Gasteiger charge is -2.53. The van der Waals surface area contributed by atoms with E-state index in [1.54, 1.807) is 6.20 Å². The summed E-state index contributed by atoms with van der Waals surface area (Å²) in [5.41, 5.74) is 5.70. The first-order valence-corrected chi connectivity index (χ1v) is 15.8. The first-order chi connectivity index (χ1) is 18.4. The van der Waals surface area contributed by atoms with Gasteiger partial charge in [-0.1, -0.05) is 23.7 Å². The van der Waals surface area contributed by atoms with Crippen LogP contribution in [-0.2, 0) is 22.7 Å². The van der Waals surface area contributed by atoms with Crippen molar-refractivity contribution in [2.24, 2.45) is 10.4 Å². The van der Waals surface area contributed by atoms with Crippen LogP contribution in [0.2, 0.25) is 5.02 Å². The van der Waals surface area contributed by atoms with Crippen molar-refractivity contribution in [3.63, 3.8) is 0 Å². The topological polar surface area (TPSA) is 101 Å². The number of aromatic nitrogens is 2. The molecule has 2 fully saturated rings. The summed E-state index contributed by atoms with van der Waals surface area (Å²) < 4.78 is 11.5. The van der Waals surface area contributed by atoms with Crippen molar-refractivity contribution in [3.8, 4) is 0 Å². The molecule has 3 aromatic rings. The molecule has 9 nitrogen and oxygen atoms in total. The van der Waals surface area contributed by atoms with E-state index in [9.17, 15) is 4.91 Å². The third-order valence-corrected chi connectivity index (χ3v) is 10.0. The molecule has 0 amide bonds. The molecule has 0 saturated carbocycles. The van der Waals surface area contributed by atoms with E-state index in [1.165, 1.54) is 11.3 Å². The van der Waals surface area contributed by atoms with E-state index in [0.29, 0.717) is 35.4 Å². The van der Waals surface area contributed by atoms with E-state index in [2.05, 4.69) is 42.6 Å². The van der Waals surface area contributed by atoms with Crippen molar-refractivity contribution >= 4 is 53.1 Å². The predicted octanol–water partition coefficient (Wildman–Crippen LogP) is 5.85. The molecule has 0 atom stereocenters. The maximum absolute atomic E-state index is 11.5. The molecule has 11 heteroatoms. The second-order valence-electron chi connectivity index (χ2n) is 10.7. The highest BCUT2D eigenvalue weighted by Gasteiger charge is 2.45. The summed E-state index contributed by atoms with van der Waals surface area (Å²) in [7, 11) is -2.18. The zero-order chi connectivity index (χ0) is 26.3. The average molecular weight is 554 g/mol. The lowest BCUT2D eigenvalue weighted by molar-refractivity contribution is -0.000298. The molecule has 1 aromatic heterocycles. The van der Waals surface area contributed by atoms with Crippen LogP contribution >= 0.6 is 19.0 Å². The molecule has 6 rings (SSSR count). The van der Waals surface area contributed by atoms with Gasteiger partial charge in [0.2, 0.25) is 13.4 Å². The first-order valence-electron chi connectivity index (χ1n) is 12.8. The summed E-state index contributed by atoms with van der Waals surface area (Å²) in [5.74, 6) is 0.873. The van der Waals surface area contributed by atoms with E-state index in [4.69, 9.17) is 21.1 Å². The van der Waals surface area contributed by atoms with Crippen molar-refractivity contribution in [2.75, 3.05) is 55.2 Å². The Kier molecular flexibility index (Phi) is 6.72. The molecule has 38 heavy (non-hydrogen) atoms. The molecular weight excluding hydrogens is 523 g/mol. The maximum atomic E-state index is 11.5. The second-order valence-corrected chi connectivity index (χ2v) is 14.5. The largest absolute Gasteiger partial charge is 0.381 e. The van der Waals surface area contributed by atoms with Crippen molar-refractivity contribution < 1.29 is 9.47 Å². The van der Waals surface area contributed by atoms with Gasteiger partial charge in [0, 0.05) is 54.2 Å². The Bertz CT molecular complexity index is 1370. The number of nitrogens with one attached hydrogen (secondary N) is 2. The number of halogens is 1. The summed E-state index contributed by atoms with van der Waals surface area (Å²) in [6.07, 6.45) is 3.85. The fraction of sp³-hybridized carbons (Fsp3) is 0.407. The van der Waals surface area contributed by atoms with Crippen LogP contribution in [0.5, 0.6) is 0 Å². The van der Waals surface area contributed by atoms with Gasteiger partial charge in [-0.2, -0.15) is 4.98 Å². The first kappa shape index (κ1) is 25.4. The number of hydrogen-bond acceptors (Lipinski definition) is 9. The van der Waals surface area contributed by atoms with Gasteiger partial charge in [0.1, 0.15) is 10.3 Å². The highest BCUT2D eigenvalue weighted by Crippen LogP contribution is 2.53. The van der Waals surface area contributed by atoms with Gasteiger partial charge in [0.25, 0.3) is 0 Å². The minimum Gasteiger partial charge on any atom is -0.381 e. The van der Waals surface area contributed by atoms with Crippen molar-refractivity contribution in [3.05, 3.63) is 63.7 Å². The van der Waals surface area contributed by atoms with Gasteiger partial charge < -0.3 is 25.0 Å². The van der Waals surface area contributed by atoms with Crippen molar-refractivity contribution in [1.82, 2.24) is 9.97 Å². The number of rotatable bonds is 7. The summed E-state index contributed by atoms with van der Waals surface area (Å²) >= 11 is 6.46. The van der Waals surface area contributed by atoms with Gasteiger partial charge in [0.05, 0.1) is 43.4 Å². The highest BCUT2D eigenvalue weighted by molar-refractivity contribution is 7.80. The van der Waals surface area contributed by atoms with Gasteiger partial charge in [-0.3, -0.25) is 0 Å². The van der Waals surface area contributed by atoms with E-state index >= 15 is 0 Å². The van der Waals surface area contributed by atoms with Gasteiger partial charge in [-0.15, -0.1) is 4.91 Å². The normalized spacial score (nSPS) is 18.1. The number of para-hydroxylation sites is 1. The molecule has 4 heterocycles. The van der Waals surface area contributed by atoms with Crippen LogP contribution in [-0.4, -0.2) is 49.6 Å². The Labute approximate surface area is 227 Å². The molecule has 2 aromatic carbocycles. The van der Waals surface area contributed by atoms with Gasteiger partial charge in [-0.25, -0.2) is 4.98 Å². The number of benzene rings is 2. The Hall–Kier alpha value is -2.84. The molecule has 2 saturated heterocycles. The fourth-order valence-electron chi connectivity index (χ4n) is 5.59. The molecule has 0 bridgehead atoms. The van der Waals surface area contributed by atoms with Gasteiger partial charge in [-0.05, 0) is 37.1 Å². The van der Waals surface area contributed by atoms with Crippen LogP contribution in [0, 0.1) is 10.3 Å². The smallest absolute Gasteiger partial charge is 0.229 e. The van der Waals surface area contributed by atoms with Crippen LogP contribution in [0.1, 0.15) is 24.0 Å². The number of nitrogens with zero attached hydrogens (tertiary/aromatic N) is 4. The van der Waals surface area contributed by atoms with Crippen LogP contribution in [0.4, 0.5) is 28.8 Å². The van der Waals surface area contributed by atoms with Crippen LogP contribution < -0.4 is 20.8 Å². The summed E-state index contributed by atoms with van der Waals surface area (Å²) in [6, 6.07) is 11.9. The molecular formula is C27H31ClN6O3P+. The summed E-state index contributed by atoms with van der Waals surface area (Å²) in [6.45, 7) is 8.79. The number of fused-ring (bicyclic) bond motifs is 1. The predicted molar refractivity (Wildman–Crippen MR) is 154 cm³/mol. The fourth-order valence-corrected chi connectivity index (χ4v) is 6.99.